The Bertz CT molecular complexity index is 1260. The van der Waals surface area contributed by atoms with Crippen molar-refractivity contribution >= 4 is 28.3 Å². The predicted molar refractivity (Wildman–Crippen MR) is 124 cm³/mol. The Morgan fingerprint density at radius 3 is 2.58 bits per heavy atom. The number of H-pyrrole nitrogens is 2. The van der Waals surface area contributed by atoms with Crippen molar-refractivity contribution in [2.45, 2.75) is 27.0 Å². The maximum Gasteiger partial charge on any atom is 0.323 e. The Kier molecular flexibility index (Phi) is 6.18. The summed E-state index contributed by atoms with van der Waals surface area (Å²) in [6.45, 7) is 5.44. The second-order valence-electron chi connectivity index (χ2n) is 7.29. The summed E-state index contributed by atoms with van der Waals surface area (Å²) >= 11 is 6.55. The van der Waals surface area contributed by atoms with Crippen molar-refractivity contribution in [3.63, 3.8) is 0 Å². The van der Waals surface area contributed by atoms with Gasteiger partial charge in [-0.05, 0) is 49.2 Å². The van der Waals surface area contributed by atoms with Crippen molar-refractivity contribution in [3.05, 3.63) is 86.8 Å². The molecule has 3 N–H and O–H groups in total. The van der Waals surface area contributed by atoms with Crippen LogP contribution in [0.3, 0.4) is 0 Å². The maximum absolute atomic E-state index is 11.4. The molecule has 160 valence electrons. The van der Waals surface area contributed by atoms with E-state index in [1.807, 2.05) is 43.3 Å². The standard InChI is InChI=1S/C24H24ClN3O3/c1-3-30-22-10-17(13-26-18-7-8-20-21(11-18)28-24(29)27-20)19(25)12-23(22)31-14-16-6-4-5-15(2)9-16/h4-12,26H,3,13-14H2,1-2H3,(H2,27,28,29). The van der Waals surface area contributed by atoms with Crippen molar-refractivity contribution in [2.75, 3.05) is 11.9 Å². The molecule has 1 heterocycles. The molecule has 0 atom stereocenters. The zero-order valence-corrected chi connectivity index (χ0v) is 18.2. The Labute approximate surface area is 185 Å². The minimum absolute atomic E-state index is 0.224. The first-order valence-corrected chi connectivity index (χ1v) is 10.5. The lowest BCUT2D eigenvalue weighted by molar-refractivity contribution is 0.269. The normalized spacial score (nSPS) is 10.9. The molecule has 0 saturated carbocycles. The SMILES string of the molecule is CCOc1cc(CNc2ccc3[nH]c(=O)[nH]c3c2)c(Cl)cc1OCc1cccc(C)c1. The smallest absolute Gasteiger partial charge is 0.323 e. The van der Waals surface area contributed by atoms with Gasteiger partial charge in [0.2, 0.25) is 0 Å². The molecule has 0 radical (unpaired) electrons. The van der Waals surface area contributed by atoms with E-state index in [1.54, 1.807) is 6.07 Å². The Balaban J connectivity index is 1.50. The first kappa shape index (κ1) is 20.9. The summed E-state index contributed by atoms with van der Waals surface area (Å²) in [5, 5.41) is 3.93. The predicted octanol–water partition coefficient (Wildman–Crippen LogP) is 5.41. The molecule has 0 aliphatic carbocycles. The van der Waals surface area contributed by atoms with Crippen LogP contribution < -0.4 is 20.5 Å². The summed E-state index contributed by atoms with van der Waals surface area (Å²) in [5.41, 5.74) is 5.32. The van der Waals surface area contributed by atoms with Crippen LogP contribution in [0.5, 0.6) is 11.5 Å². The van der Waals surface area contributed by atoms with Crippen LogP contribution in [0.15, 0.2) is 59.4 Å². The van der Waals surface area contributed by atoms with Crippen molar-refractivity contribution in [2.24, 2.45) is 0 Å². The third kappa shape index (κ3) is 5.03. The molecule has 7 heteroatoms. The van der Waals surface area contributed by atoms with Gasteiger partial charge in [-0.1, -0.05) is 41.4 Å². The van der Waals surface area contributed by atoms with E-state index in [1.165, 1.54) is 5.56 Å². The number of anilines is 1. The van der Waals surface area contributed by atoms with Crippen LogP contribution in [-0.4, -0.2) is 16.6 Å². The molecular formula is C24H24ClN3O3. The van der Waals surface area contributed by atoms with Crippen LogP contribution in [0, 0.1) is 6.92 Å². The fourth-order valence-electron chi connectivity index (χ4n) is 3.40. The van der Waals surface area contributed by atoms with Crippen molar-refractivity contribution < 1.29 is 9.47 Å². The lowest BCUT2D eigenvalue weighted by atomic mass is 10.1. The van der Waals surface area contributed by atoms with Gasteiger partial charge in [0.1, 0.15) is 6.61 Å². The molecule has 0 saturated heterocycles. The molecule has 0 unspecified atom stereocenters. The number of imidazole rings is 1. The monoisotopic (exact) mass is 437 g/mol. The second kappa shape index (κ2) is 9.18. The quantitative estimate of drug-likeness (QED) is 0.344. The number of halogens is 1. The zero-order chi connectivity index (χ0) is 21.8. The van der Waals surface area contributed by atoms with E-state index < -0.39 is 0 Å². The molecule has 1 aromatic heterocycles. The van der Waals surface area contributed by atoms with Crippen molar-refractivity contribution in [1.29, 1.82) is 0 Å². The van der Waals surface area contributed by atoms with E-state index in [0.717, 1.165) is 27.8 Å². The average molecular weight is 438 g/mol. The number of hydrogen-bond donors (Lipinski definition) is 3. The summed E-state index contributed by atoms with van der Waals surface area (Å²) in [5.74, 6) is 1.27. The van der Waals surface area contributed by atoms with E-state index in [9.17, 15) is 4.79 Å². The molecule has 0 amide bonds. The number of aromatic nitrogens is 2. The molecule has 4 aromatic rings. The number of ether oxygens (including phenoxy) is 2. The van der Waals surface area contributed by atoms with Crippen molar-refractivity contribution in [1.82, 2.24) is 9.97 Å². The van der Waals surface area contributed by atoms with Gasteiger partial charge in [0, 0.05) is 23.3 Å². The van der Waals surface area contributed by atoms with Gasteiger partial charge in [0.25, 0.3) is 0 Å². The first-order chi connectivity index (χ1) is 15.0. The lowest BCUT2D eigenvalue weighted by Gasteiger charge is -2.16. The minimum Gasteiger partial charge on any atom is -0.490 e. The lowest BCUT2D eigenvalue weighted by Crippen LogP contribution is -2.04. The molecule has 3 aromatic carbocycles. The third-order valence-corrected chi connectivity index (χ3v) is 5.24. The number of aryl methyl sites for hydroxylation is 1. The molecule has 0 bridgehead atoms. The molecule has 4 rings (SSSR count). The highest BCUT2D eigenvalue weighted by atomic mass is 35.5. The summed E-state index contributed by atoms with van der Waals surface area (Å²) in [4.78, 5) is 16.9. The van der Waals surface area contributed by atoms with Gasteiger partial charge in [-0.15, -0.1) is 0 Å². The van der Waals surface area contributed by atoms with Gasteiger partial charge in [0.05, 0.1) is 17.6 Å². The van der Waals surface area contributed by atoms with Crippen LogP contribution in [0.1, 0.15) is 23.6 Å². The molecule has 6 nitrogen and oxygen atoms in total. The van der Waals surface area contributed by atoms with E-state index in [4.69, 9.17) is 21.1 Å². The summed E-state index contributed by atoms with van der Waals surface area (Å²) in [6, 6.07) is 17.5. The van der Waals surface area contributed by atoms with Gasteiger partial charge in [0.15, 0.2) is 11.5 Å². The van der Waals surface area contributed by atoms with Gasteiger partial charge >= 0.3 is 5.69 Å². The van der Waals surface area contributed by atoms with Crippen LogP contribution in [0.4, 0.5) is 5.69 Å². The number of benzene rings is 3. The third-order valence-electron chi connectivity index (χ3n) is 4.89. The number of fused-ring (bicyclic) bond motifs is 1. The van der Waals surface area contributed by atoms with Gasteiger partial charge < -0.3 is 24.8 Å². The molecule has 0 aliphatic rings. The molecular weight excluding hydrogens is 414 g/mol. The molecule has 0 spiro atoms. The zero-order valence-electron chi connectivity index (χ0n) is 17.4. The van der Waals surface area contributed by atoms with Gasteiger partial charge in [-0.2, -0.15) is 0 Å². The van der Waals surface area contributed by atoms with E-state index in [0.29, 0.717) is 36.3 Å². The molecule has 31 heavy (non-hydrogen) atoms. The first-order valence-electron chi connectivity index (χ1n) is 10.1. The topological polar surface area (TPSA) is 79.1 Å². The Morgan fingerprint density at radius 2 is 1.77 bits per heavy atom. The van der Waals surface area contributed by atoms with Crippen LogP contribution >= 0.6 is 11.6 Å². The number of aromatic amines is 2. The maximum atomic E-state index is 11.4. The summed E-state index contributed by atoms with van der Waals surface area (Å²) in [6.07, 6.45) is 0. The van der Waals surface area contributed by atoms with Crippen LogP contribution in [-0.2, 0) is 13.2 Å². The second-order valence-corrected chi connectivity index (χ2v) is 7.70. The van der Waals surface area contributed by atoms with Crippen LogP contribution in [0.25, 0.3) is 11.0 Å². The highest BCUT2D eigenvalue weighted by Gasteiger charge is 2.12. The van der Waals surface area contributed by atoms with Crippen molar-refractivity contribution in [3.8, 4) is 11.5 Å². The van der Waals surface area contributed by atoms with Crippen LogP contribution in [0.2, 0.25) is 5.02 Å². The van der Waals surface area contributed by atoms with Gasteiger partial charge in [-0.3, -0.25) is 0 Å². The average Bonchev–Trinajstić information content (AvgIpc) is 3.12. The molecule has 0 fully saturated rings. The molecule has 0 aliphatic heterocycles. The summed E-state index contributed by atoms with van der Waals surface area (Å²) < 4.78 is 11.8. The number of hydrogen-bond acceptors (Lipinski definition) is 4. The Hall–Kier alpha value is -3.38. The highest BCUT2D eigenvalue weighted by Crippen LogP contribution is 2.34. The van der Waals surface area contributed by atoms with Gasteiger partial charge in [-0.25, -0.2) is 4.79 Å². The fraction of sp³-hybridized carbons (Fsp3) is 0.208. The minimum atomic E-state index is -0.224. The summed E-state index contributed by atoms with van der Waals surface area (Å²) in [7, 11) is 0. The largest absolute Gasteiger partial charge is 0.490 e. The number of nitrogens with one attached hydrogen (secondary N) is 3. The fourth-order valence-corrected chi connectivity index (χ4v) is 3.62. The highest BCUT2D eigenvalue weighted by molar-refractivity contribution is 6.31. The van der Waals surface area contributed by atoms with E-state index in [2.05, 4.69) is 34.3 Å². The number of rotatable bonds is 8. The van der Waals surface area contributed by atoms with E-state index in [-0.39, 0.29) is 5.69 Å². The Morgan fingerprint density at radius 1 is 0.968 bits per heavy atom. The van der Waals surface area contributed by atoms with E-state index >= 15 is 0 Å².